The second-order valence-electron chi connectivity index (χ2n) is 7.02. The van der Waals surface area contributed by atoms with Gasteiger partial charge in [-0.3, -0.25) is 0 Å². The monoisotopic (exact) mass is 403 g/mol. The molecule has 5 N–H and O–H groups in total. The first-order chi connectivity index (χ1) is 13.5. The average molecular weight is 403 g/mol. The van der Waals surface area contributed by atoms with Gasteiger partial charge in [-0.05, 0) is 57.4 Å². The van der Waals surface area contributed by atoms with Gasteiger partial charge in [-0.1, -0.05) is 0 Å². The summed E-state index contributed by atoms with van der Waals surface area (Å²) in [5.41, 5.74) is 6.58. The number of phenols is 3. The summed E-state index contributed by atoms with van der Waals surface area (Å²) in [6.45, 7) is 6.29. The van der Waals surface area contributed by atoms with Crippen molar-refractivity contribution in [3.05, 3.63) is 45.5 Å². The normalized spacial score (nSPS) is 11.8. The van der Waals surface area contributed by atoms with Gasteiger partial charge in [-0.15, -0.1) is 0 Å². The van der Waals surface area contributed by atoms with Gasteiger partial charge in [-0.25, -0.2) is 9.59 Å². The van der Waals surface area contributed by atoms with Crippen LogP contribution in [0.5, 0.6) is 23.0 Å². The van der Waals surface area contributed by atoms with E-state index in [0.29, 0.717) is 11.1 Å². The van der Waals surface area contributed by atoms with Gasteiger partial charge in [0, 0.05) is 17.2 Å². The Morgan fingerprint density at radius 1 is 1.00 bits per heavy atom. The number of ether oxygens (including phenoxy) is 2. The Bertz CT molecular complexity index is 980. The molecule has 0 bridgehead atoms. The van der Waals surface area contributed by atoms with Crippen molar-refractivity contribution < 1.29 is 34.4 Å². The average Bonchev–Trinajstić information content (AvgIpc) is 2.62. The van der Waals surface area contributed by atoms with Crippen molar-refractivity contribution in [3.8, 4) is 23.0 Å². The molecule has 29 heavy (non-hydrogen) atoms. The number of nitrogens with two attached hydrogens (primary N) is 1. The van der Waals surface area contributed by atoms with E-state index in [1.54, 1.807) is 20.8 Å². The van der Waals surface area contributed by atoms with E-state index in [1.165, 1.54) is 26.2 Å². The highest BCUT2D eigenvalue weighted by Crippen LogP contribution is 2.37. The molecule has 0 aromatic heterocycles. The zero-order chi connectivity index (χ0) is 22.0. The summed E-state index contributed by atoms with van der Waals surface area (Å²) in [5, 5.41) is 31.0. The maximum Gasteiger partial charge on any atom is 0.347 e. The number of carbonyl (C=O) groups is 2. The van der Waals surface area contributed by atoms with Gasteiger partial charge in [0.2, 0.25) is 0 Å². The molecule has 0 aliphatic rings. The molecule has 156 valence electrons. The van der Waals surface area contributed by atoms with Gasteiger partial charge in [0.1, 0.15) is 34.1 Å². The maximum absolute atomic E-state index is 12.8. The largest absolute Gasteiger partial charge is 0.508 e. The molecule has 0 aliphatic heterocycles. The molecule has 8 heteroatoms. The minimum Gasteiger partial charge on any atom is -0.508 e. The highest BCUT2D eigenvalue weighted by atomic mass is 16.5. The molecule has 1 unspecified atom stereocenters. The summed E-state index contributed by atoms with van der Waals surface area (Å²) in [4.78, 5) is 24.6. The van der Waals surface area contributed by atoms with E-state index in [2.05, 4.69) is 4.74 Å². The van der Waals surface area contributed by atoms with Gasteiger partial charge in [0.05, 0.1) is 7.11 Å². The quantitative estimate of drug-likeness (QED) is 0.441. The standard InChI is InChI=1S/C21H25NO7/c1-9-6-14(23)13(8-11(3)22)19(25)17(9)21(27)29-15-7-10(2)16(20(26)28-5)18(24)12(15)4/h6-7,11,23-25H,8,22H2,1-5H3. The summed E-state index contributed by atoms with van der Waals surface area (Å²) in [6, 6.07) is 2.42. The summed E-state index contributed by atoms with van der Waals surface area (Å²) < 4.78 is 10.1. The van der Waals surface area contributed by atoms with Crippen molar-refractivity contribution in [3.63, 3.8) is 0 Å². The molecular weight excluding hydrogens is 378 g/mol. The first-order valence-electron chi connectivity index (χ1n) is 8.93. The number of hydrogen-bond donors (Lipinski definition) is 4. The van der Waals surface area contributed by atoms with E-state index in [1.807, 2.05) is 0 Å². The second-order valence-corrected chi connectivity index (χ2v) is 7.02. The molecular formula is C21H25NO7. The smallest absolute Gasteiger partial charge is 0.347 e. The van der Waals surface area contributed by atoms with E-state index in [9.17, 15) is 24.9 Å². The summed E-state index contributed by atoms with van der Waals surface area (Å²) in [5.74, 6) is -2.50. The third kappa shape index (κ3) is 4.27. The minimum atomic E-state index is -0.876. The van der Waals surface area contributed by atoms with Crippen LogP contribution in [0.25, 0.3) is 0 Å². The topological polar surface area (TPSA) is 139 Å². The lowest BCUT2D eigenvalue weighted by atomic mass is 9.97. The fraction of sp³-hybridized carbons (Fsp3) is 0.333. The number of rotatable bonds is 5. The Labute approximate surface area is 168 Å². The van der Waals surface area contributed by atoms with Crippen LogP contribution in [0.15, 0.2) is 12.1 Å². The minimum absolute atomic E-state index is 0.0207. The van der Waals surface area contributed by atoms with Crippen LogP contribution in [0.3, 0.4) is 0 Å². The number of carbonyl (C=O) groups excluding carboxylic acids is 2. The number of esters is 2. The van der Waals surface area contributed by atoms with E-state index < -0.39 is 17.7 Å². The lowest BCUT2D eigenvalue weighted by Gasteiger charge is -2.17. The molecule has 0 heterocycles. The van der Waals surface area contributed by atoms with Crippen LogP contribution in [-0.4, -0.2) is 40.4 Å². The van der Waals surface area contributed by atoms with Crippen molar-refractivity contribution in [1.82, 2.24) is 0 Å². The first kappa shape index (κ1) is 22.0. The Kier molecular flexibility index (Phi) is 6.38. The highest BCUT2D eigenvalue weighted by Gasteiger charge is 2.26. The molecule has 0 amide bonds. The SMILES string of the molecule is COC(=O)c1c(C)cc(OC(=O)c2c(C)cc(O)c(CC(C)N)c2O)c(C)c1O. The number of phenolic OH excluding ortho intramolecular Hbond substituents is 3. The number of aryl methyl sites for hydroxylation is 2. The summed E-state index contributed by atoms with van der Waals surface area (Å²) in [6.07, 6.45) is 0.158. The predicted octanol–water partition coefficient (Wildman–Crippen LogP) is 2.62. The molecule has 2 aromatic carbocycles. The van der Waals surface area contributed by atoms with Crippen molar-refractivity contribution >= 4 is 11.9 Å². The van der Waals surface area contributed by atoms with Crippen molar-refractivity contribution in [2.24, 2.45) is 5.73 Å². The van der Waals surface area contributed by atoms with Crippen LogP contribution in [0.2, 0.25) is 0 Å². The lowest BCUT2D eigenvalue weighted by Crippen LogP contribution is -2.19. The number of benzene rings is 2. The molecule has 0 saturated heterocycles. The van der Waals surface area contributed by atoms with Crippen molar-refractivity contribution in [1.29, 1.82) is 0 Å². The molecule has 1 atom stereocenters. The van der Waals surface area contributed by atoms with Crippen molar-refractivity contribution in [2.45, 2.75) is 40.2 Å². The molecule has 0 saturated carbocycles. The van der Waals surface area contributed by atoms with Crippen LogP contribution >= 0.6 is 0 Å². The zero-order valence-corrected chi connectivity index (χ0v) is 17.0. The Morgan fingerprint density at radius 3 is 2.10 bits per heavy atom. The Balaban J connectivity index is 2.50. The number of methoxy groups -OCH3 is 1. The van der Waals surface area contributed by atoms with Gasteiger partial charge in [0.15, 0.2) is 0 Å². The van der Waals surface area contributed by atoms with E-state index >= 15 is 0 Å². The molecule has 0 fully saturated rings. The zero-order valence-electron chi connectivity index (χ0n) is 17.0. The molecule has 0 spiro atoms. The van der Waals surface area contributed by atoms with Crippen LogP contribution in [0, 0.1) is 20.8 Å². The molecule has 2 rings (SSSR count). The van der Waals surface area contributed by atoms with Gasteiger partial charge in [0.25, 0.3) is 0 Å². The Hall–Kier alpha value is -3.26. The fourth-order valence-corrected chi connectivity index (χ4v) is 3.09. The number of aromatic hydroxyl groups is 3. The van der Waals surface area contributed by atoms with Gasteiger partial charge < -0.3 is 30.5 Å². The van der Waals surface area contributed by atoms with Gasteiger partial charge >= 0.3 is 11.9 Å². The van der Waals surface area contributed by atoms with Crippen LogP contribution < -0.4 is 10.5 Å². The fourth-order valence-electron chi connectivity index (χ4n) is 3.09. The summed E-state index contributed by atoms with van der Waals surface area (Å²) >= 11 is 0. The number of hydrogen-bond acceptors (Lipinski definition) is 8. The summed E-state index contributed by atoms with van der Waals surface area (Å²) in [7, 11) is 1.20. The third-order valence-corrected chi connectivity index (χ3v) is 4.61. The van der Waals surface area contributed by atoms with E-state index in [-0.39, 0.29) is 52.0 Å². The van der Waals surface area contributed by atoms with Crippen molar-refractivity contribution in [2.75, 3.05) is 7.11 Å². The van der Waals surface area contributed by atoms with Crippen LogP contribution in [0.4, 0.5) is 0 Å². The van der Waals surface area contributed by atoms with E-state index in [4.69, 9.17) is 10.5 Å². The lowest BCUT2D eigenvalue weighted by molar-refractivity contribution is 0.0596. The van der Waals surface area contributed by atoms with Gasteiger partial charge in [-0.2, -0.15) is 0 Å². The molecule has 0 radical (unpaired) electrons. The predicted molar refractivity (Wildman–Crippen MR) is 106 cm³/mol. The first-order valence-corrected chi connectivity index (χ1v) is 8.93. The molecule has 2 aromatic rings. The second kappa shape index (κ2) is 8.40. The highest BCUT2D eigenvalue weighted by molar-refractivity contribution is 5.98. The van der Waals surface area contributed by atoms with Crippen LogP contribution in [-0.2, 0) is 11.2 Å². The van der Waals surface area contributed by atoms with E-state index in [0.717, 1.165) is 0 Å². The Morgan fingerprint density at radius 2 is 1.55 bits per heavy atom. The maximum atomic E-state index is 12.8. The third-order valence-electron chi connectivity index (χ3n) is 4.61. The molecule has 0 aliphatic carbocycles. The molecule has 8 nitrogen and oxygen atoms in total. The van der Waals surface area contributed by atoms with Crippen LogP contribution in [0.1, 0.15) is 49.9 Å².